The van der Waals surface area contributed by atoms with Crippen molar-refractivity contribution < 1.29 is 4.79 Å². The van der Waals surface area contributed by atoms with Gasteiger partial charge < -0.3 is 5.32 Å². The highest BCUT2D eigenvalue weighted by Crippen LogP contribution is 2.13. The van der Waals surface area contributed by atoms with E-state index in [0.29, 0.717) is 17.8 Å². The molecule has 5 heteroatoms. The molecule has 0 aliphatic carbocycles. The lowest BCUT2D eigenvalue weighted by Gasteiger charge is -2.09. The number of nitrogens with one attached hydrogen (secondary N) is 1. The van der Waals surface area contributed by atoms with Gasteiger partial charge in [0.2, 0.25) is 0 Å². The summed E-state index contributed by atoms with van der Waals surface area (Å²) in [5.74, 6) is -0.134. The first-order valence-corrected chi connectivity index (χ1v) is 6.62. The highest BCUT2D eigenvalue weighted by atomic mass is 16.1. The van der Waals surface area contributed by atoms with Gasteiger partial charge in [0.05, 0.1) is 23.6 Å². The summed E-state index contributed by atoms with van der Waals surface area (Å²) in [5.41, 5.74) is 2.34. The van der Waals surface area contributed by atoms with Gasteiger partial charge in [0.15, 0.2) is 0 Å². The highest BCUT2D eigenvalue weighted by molar-refractivity contribution is 5.97. The molecule has 0 atom stereocenters. The molecule has 0 bridgehead atoms. The average molecular weight is 278 g/mol. The minimum absolute atomic E-state index is 0.134. The Labute approximate surface area is 122 Å². The molecule has 21 heavy (non-hydrogen) atoms. The van der Waals surface area contributed by atoms with Gasteiger partial charge in [-0.2, -0.15) is 0 Å². The number of para-hydroxylation sites is 1. The number of carbonyl (C=O) groups is 1. The van der Waals surface area contributed by atoms with E-state index in [9.17, 15) is 4.79 Å². The summed E-state index contributed by atoms with van der Waals surface area (Å²) in [4.78, 5) is 12.4. The third-order valence-corrected chi connectivity index (χ3v) is 3.11. The molecule has 1 amide bonds. The van der Waals surface area contributed by atoms with Crippen molar-refractivity contribution in [1.29, 1.82) is 0 Å². The maximum absolute atomic E-state index is 12.4. The zero-order valence-electron chi connectivity index (χ0n) is 11.3. The number of nitrogens with zero attached hydrogens (tertiary/aromatic N) is 3. The quantitative estimate of drug-likeness (QED) is 0.796. The van der Waals surface area contributed by atoms with E-state index in [0.717, 1.165) is 5.56 Å². The first-order valence-electron chi connectivity index (χ1n) is 6.62. The second-order valence-electron chi connectivity index (χ2n) is 4.53. The molecule has 0 unspecified atom stereocenters. The molecular formula is C16H14N4O. The number of carbonyl (C=O) groups excluding carboxylic acids is 1. The van der Waals surface area contributed by atoms with E-state index in [4.69, 9.17) is 0 Å². The smallest absolute Gasteiger partial charge is 0.253 e. The third kappa shape index (κ3) is 2.97. The highest BCUT2D eigenvalue weighted by Gasteiger charge is 2.12. The Kier molecular flexibility index (Phi) is 3.73. The molecule has 3 rings (SSSR count). The summed E-state index contributed by atoms with van der Waals surface area (Å²) in [6.45, 7) is 0.491. The van der Waals surface area contributed by atoms with Crippen molar-refractivity contribution in [1.82, 2.24) is 20.3 Å². The zero-order chi connectivity index (χ0) is 14.5. The first kappa shape index (κ1) is 13.1. The predicted molar refractivity (Wildman–Crippen MR) is 79.0 cm³/mol. The van der Waals surface area contributed by atoms with E-state index in [1.807, 2.05) is 48.5 Å². The van der Waals surface area contributed by atoms with Gasteiger partial charge in [-0.25, -0.2) is 4.68 Å². The van der Waals surface area contributed by atoms with Crippen LogP contribution in [-0.2, 0) is 6.54 Å². The van der Waals surface area contributed by atoms with Gasteiger partial charge in [0, 0.05) is 6.54 Å². The average Bonchev–Trinajstić information content (AvgIpc) is 3.08. The molecule has 5 nitrogen and oxygen atoms in total. The summed E-state index contributed by atoms with van der Waals surface area (Å²) < 4.78 is 1.58. The Balaban J connectivity index is 1.79. The fourth-order valence-corrected chi connectivity index (χ4v) is 2.08. The SMILES string of the molecule is O=C(NCc1ccccc1)c1ccccc1-n1ccnn1. The van der Waals surface area contributed by atoms with E-state index < -0.39 is 0 Å². The van der Waals surface area contributed by atoms with Gasteiger partial charge in [0.25, 0.3) is 5.91 Å². The van der Waals surface area contributed by atoms with Crippen LogP contribution in [0.5, 0.6) is 0 Å². The van der Waals surface area contributed by atoms with E-state index in [1.165, 1.54) is 0 Å². The van der Waals surface area contributed by atoms with E-state index in [-0.39, 0.29) is 5.91 Å². The minimum atomic E-state index is -0.134. The fraction of sp³-hybridized carbons (Fsp3) is 0.0625. The zero-order valence-corrected chi connectivity index (χ0v) is 11.3. The van der Waals surface area contributed by atoms with Crippen molar-refractivity contribution in [2.75, 3.05) is 0 Å². The van der Waals surface area contributed by atoms with Crippen LogP contribution >= 0.6 is 0 Å². The number of hydrogen-bond donors (Lipinski definition) is 1. The van der Waals surface area contributed by atoms with Crippen molar-refractivity contribution >= 4 is 5.91 Å². The summed E-state index contributed by atoms with van der Waals surface area (Å²) in [6.07, 6.45) is 3.29. The fourth-order valence-electron chi connectivity index (χ4n) is 2.08. The van der Waals surface area contributed by atoms with Crippen LogP contribution in [0.1, 0.15) is 15.9 Å². The lowest BCUT2D eigenvalue weighted by molar-refractivity contribution is 0.0950. The van der Waals surface area contributed by atoms with Gasteiger partial charge >= 0.3 is 0 Å². The van der Waals surface area contributed by atoms with Gasteiger partial charge in [-0.3, -0.25) is 4.79 Å². The van der Waals surface area contributed by atoms with Crippen molar-refractivity contribution in [3.05, 3.63) is 78.1 Å². The van der Waals surface area contributed by atoms with Crippen LogP contribution in [0, 0.1) is 0 Å². The monoisotopic (exact) mass is 278 g/mol. The summed E-state index contributed by atoms with van der Waals surface area (Å²) in [5, 5.41) is 10.6. The number of aromatic nitrogens is 3. The van der Waals surface area contributed by atoms with Gasteiger partial charge in [-0.05, 0) is 17.7 Å². The predicted octanol–water partition coefficient (Wildman–Crippen LogP) is 2.20. The van der Waals surface area contributed by atoms with Crippen LogP contribution in [0.3, 0.4) is 0 Å². The van der Waals surface area contributed by atoms with Crippen molar-refractivity contribution in [3.63, 3.8) is 0 Å². The van der Waals surface area contributed by atoms with Crippen molar-refractivity contribution in [2.24, 2.45) is 0 Å². The Morgan fingerprint density at radius 1 is 1.05 bits per heavy atom. The number of rotatable bonds is 4. The topological polar surface area (TPSA) is 59.8 Å². The molecule has 0 saturated carbocycles. The second-order valence-corrected chi connectivity index (χ2v) is 4.53. The molecule has 0 aliphatic heterocycles. The molecule has 0 saturated heterocycles. The van der Waals surface area contributed by atoms with Crippen LogP contribution in [0.25, 0.3) is 5.69 Å². The molecule has 0 radical (unpaired) electrons. The summed E-state index contributed by atoms with van der Waals surface area (Å²) in [7, 11) is 0. The molecule has 1 heterocycles. The molecule has 104 valence electrons. The van der Waals surface area contributed by atoms with E-state index >= 15 is 0 Å². The Morgan fingerprint density at radius 2 is 1.81 bits per heavy atom. The molecule has 0 fully saturated rings. The molecule has 0 aliphatic rings. The Bertz CT molecular complexity index is 723. The largest absolute Gasteiger partial charge is 0.348 e. The van der Waals surface area contributed by atoms with E-state index in [1.54, 1.807) is 23.1 Å². The van der Waals surface area contributed by atoms with Crippen LogP contribution in [0.15, 0.2) is 67.0 Å². The minimum Gasteiger partial charge on any atom is -0.348 e. The van der Waals surface area contributed by atoms with Crippen LogP contribution in [0.2, 0.25) is 0 Å². The van der Waals surface area contributed by atoms with Crippen LogP contribution in [-0.4, -0.2) is 20.9 Å². The Hall–Kier alpha value is -2.95. The normalized spacial score (nSPS) is 10.3. The third-order valence-electron chi connectivity index (χ3n) is 3.11. The lowest BCUT2D eigenvalue weighted by atomic mass is 10.1. The Morgan fingerprint density at radius 3 is 2.57 bits per heavy atom. The van der Waals surface area contributed by atoms with E-state index in [2.05, 4.69) is 15.6 Å². The van der Waals surface area contributed by atoms with Crippen LogP contribution < -0.4 is 5.32 Å². The molecule has 2 aromatic carbocycles. The first-order chi connectivity index (χ1) is 10.3. The molecule has 0 spiro atoms. The number of benzene rings is 2. The standard InChI is InChI=1S/C16H14N4O/c21-16(17-12-13-6-2-1-3-7-13)14-8-4-5-9-15(14)20-11-10-18-19-20/h1-11H,12H2,(H,17,21). The van der Waals surface area contributed by atoms with Crippen LogP contribution in [0.4, 0.5) is 0 Å². The number of amides is 1. The summed E-state index contributed by atoms with van der Waals surface area (Å²) >= 11 is 0. The molecular weight excluding hydrogens is 264 g/mol. The van der Waals surface area contributed by atoms with Crippen molar-refractivity contribution in [2.45, 2.75) is 6.54 Å². The summed E-state index contributed by atoms with van der Waals surface area (Å²) in [6, 6.07) is 17.1. The van der Waals surface area contributed by atoms with Gasteiger partial charge in [-0.1, -0.05) is 47.7 Å². The maximum atomic E-state index is 12.4. The second kappa shape index (κ2) is 6.00. The molecule has 1 aromatic heterocycles. The number of hydrogen-bond acceptors (Lipinski definition) is 3. The molecule has 3 aromatic rings. The lowest BCUT2D eigenvalue weighted by Crippen LogP contribution is -2.24. The molecule has 1 N–H and O–H groups in total. The maximum Gasteiger partial charge on any atom is 0.253 e. The van der Waals surface area contributed by atoms with Crippen molar-refractivity contribution in [3.8, 4) is 5.69 Å². The van der Waals surface area contributed by atoms with Gasteiger partial charge in [-0.15, -0.1) is 5.10 Å². The van der Waals surface area contributed by atoms with Gasteiger partial charge in [0.1, 0.15) is 0 Å².